The Balaban J connectivity index is -0.000000153. The van der Waals surface area contributed by atoms with Gasteiger partial charge in [-0.25, -0.2) is 0 Å². The van der Waals surface area contributed by atoms with E-state index in [9.17, 15) is 0 Å². The topological polar surface area (TPSA) is 80.2 Å². The van der Waals surface area contributed by atoms with E-state index < -0.39 is 0 Å². The average Bonchev–Trinajstić information content (AvgIpc) is 2.25. The monoisotopic (exact) mass is 303 g/mol. The maximum atomic E-state index is 5.12. The summed E-state index contributed by atoms with van der Waals surface area (Å²) in [6, 6.07) is 0. The van der Waals surface area contributed by atoms with Gasteiger partial charge in [0.15, 0.2) is 0 Å². The molecule has 0 saturated carbocycles. The van der Waals surface area contributed by atoms with Gasteiger partial charge < -0.3 is 22.1 Å². The summed E-state index contributed by atoms with van der Waals surface area (Å²) >= 11 is 0.382. The van der Waals surface area contributed by atoms with Gasteiger partial charge in [-0.2, -0.15) is 13.1 Å². The molecule has 99 valence electrons. The summed E-state index contributed by atoms with van der Waals surface area (Å²) in [6.45, 7) is 8.83. The summed E-state index contributed by atoms with van der Waals surface area (Å²) in [6.07, 6.45) is 0. The van der Waals surface area contributed by atoms with Gasteiger partial charge in [0.1, 0.15) is 0 Å². The van der Waals surface area contributed by atoms with Gasteiger partial charge in [-0.3, -0.25) is 0 Å². The number of nitrogens with two attached hydrogens (primary N) is 2. The molecule has 4 N–H and O–H groups in total. The molecule has 0 rings (SSSR count). The van der Waals surface area contributed by atoms with Crippen LogP contribution in [0.2, 0.25) is 0 Å². The minimum atomic E-state index is 0.382. The van der Waals surface area contributed by atoms with Gasteiger partial charge in [-0.1, -0.05) is 13.8 Å². The molecule has 0 atom stereocenters. The van der Waals surface area contributed by atoms with Crippen LogP contribution < -0.4 is 11.5 Å². The van der Waals surface area contributed by atoms with E-state index in [1.54, 1.807) is 0 Å². The molecule has 0 unspecified atom stereocenters. The van der Waals surface area contributed by atoms with Crippen LogP contribution in [0.25, 0.3) is 10.6 Å². The fourth-order valence-electron chi connectivity index (χ4n) is 0.499. The van der Waals surface area contributed by atoms with Crippen LogP contribution in [-0.4, -0.2) is 39.3 Å². The summed E-state index contributed by atoms with van der Waals surface area (Å²) in [5.74, 6) is 0. The third-order valence-electron chi connectivity index (χ3n) is 1.02. The number of hydrogen-bond acceptors (Lipinski definition) is 2. The Kier molecular flexibility index (Phi) is 41.6. The van der Waals surface area contributed by atoms with Gasteiger partial charge in [-0.05, 0) is 13.1 Å². The fourth-order valence-corrected chi connectivity index (χ4v) is 0.499. The maximum absolute atomic E-state index is 5.12. The van der Waals surface area contributed by atoms with Crippen molar-refractivity contribution < 1.29 is 12.9 Å². The molecule has 0 saturated heterocycles. The van der Waals surface area contributed by atoms with Crippen LogP contribution in [0.5, 0.6) is 0 Å². The molecule has 0 spiro atoms. The second-order valence-electron chi connectivity index (χ2n) is 2.15. The zero-order chi connectivity index (χ0) is 12.4. The Hall–Kier alpha value is 0.926. The zero-order valence-electron chi connectivity index (χ0n) is 9.38. The first kappa shape index (κ1) is 21.2. The van der Waals surface area contributed by atoms with E-state index in [1.807, 2.05) is 13.8 Å². The third kappa shape index (κ3) is 52.0. The fraction of sp³-hybridized carbons (Fsp3) is 1.00. The van der Waals surface area contributed by atoms with Crippen LogP contribution in [0.15, 0.2) is 0 Å². The van der Waals surface area contributed by atoms with E-state index in [1.165, 1.54) is 0 Å². The first-order chi connectivity index (χ1) is 7.24. The number of hydrogen-bond donors (Lipinski definition) is 2. The molecule has 7 heteroatoms. The van der Waals surface area contributed by atoms with E-state index in [2.05, 4.69) is 10.6 Å². The van der Waals surface area contributed by atoms with Crippen LogP contribution in [0.3, 0.4) is 0 Å². The molecule has 0 radical (unpaired) electrons. The number of nitrogens with zero attached hydrogens (tertiary/aromatic N) is 2. The van der Waals surface area contributed by atoms with E-state index in [-0.39, 0.29) is 0 Å². The Morgan fingerprint density at radius 1 is 0.933 bits per heavy atom. The molecule has 0 aromatic carbocycles. The van der Waals surface area contributed by atoms with Crippen molar-refractivity contribution in [1.82, 2.24) is 0 Å². The molecule has 0 aliphatic heterocycles. The SMILES string of the molecule is CC[N-]CCN.CC[N-]CCN.[Cl][Co][Cl]. The molecule has 0 aromatic heterocycles. The van der Waals surface area contributed by atoms with Crippen LogP contribution in [-0.2, 0) is 12.9 Å². The zero-order valence-corrected chi connectivity index (χ0v) is 11.9. The molecule has 0 bridgehead atoms. The molecule has 0 heterocycles. The standard InChI is InChI=1S/2C4H11N2.2ClH.Co/c2*1-2-6-4-3-5;;;/h2*2-5H2,1H3;2*1H;/q2*-1;;;+2/p-2. The summed E-state index contributed by atoms with van der Waals surface area (Å²) in [5, 5.41) is 7.93. The summed E-state index contributed by atoms with van der Waals surface area (Å²) < 4.78 is 0. The number of rotatable bonds is 6. The molecule has 0 aliphatic rings. The van der Waals surface area contributed by atoms with E-state index >= 15 is 0 Å². The Labute approximate surface area is 108 Å². The quantitative estimate of drug-likeness (QED) is 0.736. The van der Waals surface area contributed by atoms with Gasteiger partial charge in [0, 0.05) is 0 Å². The minimum absolute atomic E-state index is 0.382. The summed E-state index contributed by atoms with van der Waals surface area (Å²) in [4.78, 5) is 0. The van der Waals surface area contributed by atoms with Gasteiger partial charge in [0.2, 0.25) is 0 Å². The second kappa shape index (κ2) is 29.4. The van der Waals surface area contributed by atoms with Crippen molar-refractivity contribution in [3.05, 3.63) is 10.6 Å². The molecule has 0 aliphatic carbocycles. The van der Waals surface area contributed by atoms with Gasteiger partial charge in [0.25, 0.3) is 0 Å². The predicted octanol–water partition coefficient (Wildman–Crippen LogP) is 2.05. The normalized spacial score (nSPS) is 8.67. The summed E-state index contributed by atoms with van der Waals surface area (Å²) in [5.41, 5.74) is 10.2. The van der Waals surface area contributed by atoms with E-state index in [0.717, 1.165) is 26.2 Å². The van der Waals surface area contributed by atoms with E-state index in [0.29, 0.717) is 26.0 Å². The van der Waals surface area contributed by atoms with Crippen molar-refractivity contribution in [2.24, 2.45) is 11.5 Å². The van der Waals surface area contributed by atoms with Crippen LogP contribution in [0.4, 0.5) is 0 Å². The Morgan fingerprint density at radius 2 is 1.20 bits per heavy atom. The van der Waals surface area contributed by atoms with Crippen molar-refractivity contribution in [2.45, 2.75) is 13.8 Å². The molecule has 0 fully saturated rings. The predicted molar refractivity (Wildman–Crippen MR) is 67.3 cm³/mol. The van der Waals surface area contributed by atoms with Crippen LogP contribution in [0, 0.1) is 0 Å². The number of likely N-dealkylation sites (N-methyl/N-ethyl adjacent to an activating group) is 2. The van der Waals surface area contributed by atoms with Gasteiger partial charge in [-0.15, -0.1) is 13.1 Å². The molecular weight excluding hydrogens is 282 g/mol. The first-order valence-corrected chi connectivity index (χ1v) is 7.61. The van der Waals surface area contributed by atoms with Crippen molar-refractivity contribution in [2.75, 3.05) is 39.3 Å². The molecular formula is C8H22Cl2CoN4-2. The molecule has 15 heavy (non-hydrogen) atoms. The van der Waals surface area contributed by atoms with Gasteiger partial charge in [0.05, 0.1) is 0 Å². The third-order valence-corrected chi connectivity index (χ3v) is 1.02. The summed E-state index contributed by atoms with van der Waals surface area (Å²) in [7, 11) is 9.47. The Morgan fingerprint density at radius 3 is 1.27 bits per heavy atom. The first-order valence-electron chi connectivity index (χ1n) is 4.75. The van der Waals surface area contributed by atoms with Crippen LogP contribution in [0.1, 0.15) is 13.8 Å². The second-order valence-corrected chi connectivity index (χ2v) is 3.87. The van der Waals surface area contributed by atoms with Crippen molar-refractivity contribution in [3.8, 4) is 0 Å². The van der Waals surface area contributed by atoms with E-state index in [4.69, 9.17) is 31.8 Å². The van der Waals surface area contributed by atoms with Gasteiger partial charge >= 0.3 is 33.2 Å². The molecule has 0 amide bonds. The Bertz CT molecular complexity index is 65.7. The molecule has 0 aromatic rings. The van der Waals surface area contributed by atoms with Crippen molar-refractivity contribution >= 4 is 20.3 Å². The average molecular weight is 304 g/mol. The van der Waals surface area contributed by atoms with Crippen LogP contribution >= 0.6 is 20.3 Å². The van der Waals surface area contributed by atoms with Crippen molar-refractivity contribution in [3.63, 3.8) is 0 Å². The van der Waals surface area contributed by atoms with Crippen molar-refractivity contribution in [1.29, 1.82) is 0 Å². The molecule has 4 nitrogen and oxygen atoms in total. The number of halogens is 2.